The molecule has 1 aromatic carbocycles. The van der Waals surface area contributed by atoms with Crippen molar-refractivity contribution in [1.29, 1.82) is 0 Å². The normalized spacial score (nSPS) is 10.7. The fraction of sp³-hybridized carbons (Fsp3) is 0.357. The number of nitrogens with zero attached hydrogens (tertiary/aromatic N) is 1. The minimum Gasteiger partial charge on any atom is -0.486 e. The second-order valence-electron chi connectivity index (χ2n) is 4.47. The van der Waals surface area contributed by atoms with E-state index in [0.717, 1.165) is 32.8 Å². The van der Waals surface area contributed by atoms with Gasteiger partial charge in [-0.15, -0.1) is 0 Å². The van der Waals surface area contributed by atoms with Gasteiger partial charge in [0, 0.05) is 17.1 Å². The Morgan fingerprint density at radius 2 is 1.95 bits per heavy atom. The van der Waals surface area contributed by atoms with E-state index in [1.165, 1.54) is 0 Å². The maximum absolute atomic E-state index is 5.73. The van der Waals surface area contributed by atoms with Crippen LogP contribution in [0.25, 0.3) is 0 Å². The van der Waals surface area contributed by atoms with E-state index in [-0.39, 0.29) is 0 Å². The van der Waals surface area contributed by atoms with Crippen molar-refractivity contribution >= 4 is 15.9 Å². The molecule has 5 heteroatoms. The van der Waals surface area contributed by atoms with Gasteiger partial charge in [-0.25, -0.2) is 0 Å². The van der Waals surface area contributed by atoms with E-state index in [2.05, 4.69) is 26.4 Å². The number of hydrogen-bond acceptors (Lipinski definition) is 4. The molecule has 1 N–H and O–H groups in total. The number of aryl methyl sites for hydroxylation is 2. The average Bonchev–Trinajstić information content (AvgIpc) is 2.81. The lowest BCUT2D eigenvalue weighted by Gasteiger charge is -2.08. The van der Waals surface area contributed by atoms with E-state index in [0.29, 0.717) is 13.2 Å². The zero-order valence-corrected chi connectivity index (χ0v) is 12.9. The third kappa shape index (κ3) is 3.58. The SMILES string of the molecule is CNCc1cc(COc2cc(C)c(Br)c(C)c2)on1. The lowest BCUT2D eigenvalue weighted by atomic mass is 10.1. The quantitative estimate of drug-likeness (QED) is 0.916. The zero-order chi connectivity index (χ0) is 13.8. The van der Waals surface area contributed by atoms with Gasteiger partial charge in [0.1, 0.15) is 12.4 Å². The maximum Gasteiger partial charge on any atom is 0.174 e. The van der Waals surface area contributed by atoms with Crippen LogP contribution in [-0.2, 0) is 13.2 Å². The van der Waals surface area contributed by atoms with Crippen LogP contribution in [0.4, 0.5) is 0 Å². The zero-order valence-electron chi connectivity index (χ0n) is 11.3. The predicted octanol–water partition coefficient (Wildman–Crippen LogP) is 3.35. The second kappa shape index (κ2) is 6.21. The van der Waals surface area contributed by atoms with E-state index < -0.39 is 0 Å². The van der Waals surface area contributed by atoms with Gasteiger partial charge in [0.25, 0.3) is 0 Å². The molecule has 2 aromatic rings. The molecular formula is C14H17BrN2O2. The monoisotopic (exact) mass is 324 g/mol. The predicted molar refractivity (Wildman–Crippen MR) is 77.2 cm³/mol. The standard InChI is InChI=1S/C14H17BrN2O2/c1-9-4-12(5-10(2)14(9)15)18-8-13-6-11(7-16-3)17-19-13/h4-6,16H,7-8H2,1-3H3. The molecule has 0 aliphatic rings. The van der Waals surface area contributed by atoms with Crippen molar-refractivity contribution in [2.45, 2.75) is 27.0 Å². The molecule has 0 saturated heterocycles. The first kappa shape index (κ1) is 14.1. The molecule has 0 aliphatic heterocycles. The molecule has 0 unspecified atom stereocenters. The van der Waals surface area contributed by atoms with Gasteiger partial charge in [-0.05, 0) is 44.2 Å². The van der Waals surface area contributed by atoms with Crippen LogP contribution in [0.2, 0.25) is 0 Å². The van der Waals surface area contributed by atoms with E-state index in [9.17, 15) is 0 Å². The van der Waals surface area contributed by atoms with E-state index in [1.54, 1.807) is 0 Å². The topological polar surface area (TPSA) is 47.3 Å². The Morgan fingerprint density at radius 1 is 1.26 bits per heavy atom. The molecule has 19 heavy (non-hydrogen) atoms. The molecule has 0 amide bonds. The summed E-state index contributed by atoms with van der Waals surface area (Å²) in [5.74, 6) is 1.56. The van der Waals surface area contributed by atoms with Gasteiger partial charge in [0.15, 0.2) is 5.76 Å². The first-order chi connectivity index (χ1) is 9.10. The molecule has 0 spiro atoms. The number of ether oxygens (including phenoxy) is 1. The molecule has 1 aromatic heterocycles. The summed E-state index contributed by atoms with van der Waals surface area (Å²) in [6.45, 7) is 5.17. The van der Waals surface area contributed by atoms with Gasteiger partial charge in [-0.3, -0.25) is 0 Å². The molecule has 0 saturated carbocycles. The molecule has 0 fully saturated rings. The Hall–Kier alpha value is -1.33. The van der Waals surface area contributed by atoms with Crippen LogP contribution in [-0.4, -0.2) is 12.2 Å². The van der Waals surface area contributed by atoms with Crippen molar-refractivity contribution in [3.05, 3.63) is 45.3 Å². The van der Waals surface area contributed by atoms with E-state index in [4.69, 9.17) is 9.26 Å². The summed E-state index contributed by atoms with van der Waals surface area (Å²) in [5.41, 5.74) is 3.19. The summed E-state index contributed by atoms with van der Waals surface area (Å²) in [6.07, 6.45) is 0. The molecule has 2 rings (SSSR count). The lowest BCUT2D eigenvalue weighted by Crippen LogP contribution is -2.04. The van der Waals surface area contributed by atoms with Gasteiger partial charge in [-0.2, -0.15) is 0 Å². The number of rotatable bonds is 5. The van der Waals surface area contributed by atoms with Crippen LogP contribution in [0.15, 0.2) is 27.2 Å². The first-order valence-electron chi connectivity index (χ1n) is 6.08. The van der Waals surface area contributed by atoms with Gasteiger partial charge < -0.3 is 14.6 Å². The molecule has 4 nitrogen and oxygen atoms in total. The Labute approximate surface area is 121 Å². The number of hydrogen-bond donors (Lipinski definition) is 1. The van der Waals surface area contributed by atoms with Crippen LogP contribution in [0.1, 0.15) is 22.6 Å². The van der Waals surface area contributed by atoms with Crippen molar-refractivity contribution in [1.82, 2.24) is 10.5 Å². The van der Waals surface area contributed by atoms with Gasteiger partial charge in [0.05, 0.1) is 5.69 Å². The molecule has 0 aliphatic carbocycles. The smallest absolute Gasteiger partial charge is 0.174 e. The van der Waals surface area contributed by atoms with Crippen LogP contribution >= 0.6 is 15.9 Å². The van der Waals surface area contributed by atoms with Crippen LogP contribution < -0.4 is 10.1 Å². The van der Waals surface area contributed by atoms with Gasteiger partial charge in [0.2, 0.25) is 0 Å². The highest BCUT2D eigenvalue weighted by Gasteiger charge is 2.06. The fourth-order valence-electron chi connectivity index (χ4n) is 1.83. The minimum atomic E-state index is 0.386. The average molecular weight is 325 g/mol. The molecular weight excluding hydrogens is 308 g/mol. The summed E-state index contributed by atoms with van der Waals surface area (Å²) >= 11 is 3.54. The highest BCUT2D eigenvalue weighted by atomic mass is 79.9. The van der Waals surface area contributed by atoms with Crippen molar-refractivity contribution in [2.75, 3.05) is 7.05 Å². The molecule has 102 valence electrons. The summed E-state index contributed by atoms with van der Waals surface area (Å²) in [4.78, 5) is 0. The van der Waals surface area contributed by atoms with E-state index >= 15 is 0 Å². The number of halogens is 1. The summed E-state index contributed by atoms with van der Waals surface area (Å²) in [7, 11) is 1.87. The van der Waals surface area contributed by atoms with Crippen LogP contribution in [0.3, 0.4) is 0 Å². The summed E-state index contributed by atoms with van der Waals surface area (Å²) in [5, 5.41) is 6.97. The lowest BCUT2D eigenvalue weighted by molar-refractivity contribution is 0.248. The summed E-state index contributed by atoms with van der Waals surface area (Å²) in [6, 6.07) is 5.90. The summed E-state index contributed by atoms with van der Waals surface area (Å²) < 4.78 is 12.0. The molecule has 0 radical (unpaired) electrons. The minimum absolute atomic E-state index is 0.386. The van der Waals surface area contributed by atoms with Crippen LogP contribution in [0, 0.1) is 13.8 Å². The highest BCUT2D eigenvalue weighted by Crippen LogP contribution is 2.26. The Bertz CT molecular complexity index is 543. The maximum atomic E-state index is 5.73. The van der Waals surface area contributed by atoms with Gasteiger partial charge in [-0.1, -0.05) is 21.1 Å². The Balaban J connectivity index is 2.01. The van der Waals surface area contributed by atoms with Crippen LogP contribution in [0.5, 0.6) is 5.75 Å². The Kier molecular flexibility index (Phi) is 4.61. The Morgan fingerprint density at radius 3 is 2.58 bits per heavy atom. The fourth-order valence-corrected chi connectivity index (χ4v) is 2.06. The van der Waals surface area contributed by atoms with Crippen molar-refractivity contribution in [2.24, 2.45) is 0 Å². The van der Waals surface area contributed by atoms with Crippen molar-refractivity contribution in [3.63, 3.8) is 0 Å². The highest BCUT2D eigenvalue weighted by molar-refractivity contribution is 9.10. The number of benzene rings is 1. The van der Waals surface area contributed by atoms with Crippen molar-refractivity contribution in [3.8, 4) is 5.75 Å². The van der Waals surface area contributed by atoms with Gasteiger partial charge >= 0.3 is 0 Å². The van der Waals surface area contributed by atoms with Crippen molar-refractivity contribution < 1.29 is 9.26 Å². The van der Waals surface area contributed by atoms with E-state index in [1.807, 2.05) is 39.1 Å². The largest absolute Gasteiger partial charge is 0.486 e. The molecule has 0 bridgehead atoms. The molecule has 1 heterocycles. The second-order valence-corrected chi connectivity index (χ2v) is 5.27. The third-order valence-electron chi connectivity index (χ3n) is 2.76. The first-order valence-corrected chi connectivity index (χ1v) is 6.88. The number of nitrogens with one attached hydrogen (secondary N) is 1. The number of aromatic nitrogens is 1. The molecule has 0 atom stereocenters. The third-order valence-corrected chi connectivity index (χ3v) is 4.01.